The Balaban J connectivity index is 1.78. The van der Waals surface area contributed by atoms with Gasteiger partial charge in [-0.25, -0.2) is 13.8 Å². The van der Waals surface area contributed by atoms with Gasteiger partial charge in [0, 0.05) is 17.0 Å². The molecule has 4 rings (SSSR count). The van der Waals surface area contributed by atoms with Crippen molar-refractivity contribution in [1.82, 2.24) is 15.1 Å². The van der Waals surface area contributed by atoms with E-state index in [1.54, 1.807) is 5.51 Å². The van der Waals surface area contributed by atoms with Crippen LogP contribution in [0.5, 0.6) is 0 Å². The lowest BCUT2D eigenvalue weighted by Crippen LogP contribution is -2.36. The number of benzene rings is 1. The lowest BCUT2D eigenvalue weighted by molar-refractivity contribution is 0.211. The van der Waals surface area contributed by atoms with E-state index in [2.05, 4.69) is 15.1 Å². The first-order valence-electron chi connectivity index (χ1n) is 6.87. The third kappa shape index (κ3) is 1.96. The minimum Gasteiger partial charge on any atom is -0.338 e. The average molecular weight is 319 g/mol. The standard InChI is InChI=1S/C15H11F2N3OS/c16-9-2-3-10(11(17)6-9)15(4-1-5-15)14-19-13(20-21-14)12-7-22-8-18-12/h2-3,6-8H,1,4-5H2. The highest BCUT2D eigenvalue weighted by Gasteiger charge is 2.47. The molecule has 1 saturated carbocycles. The van der Waals surface area contributed by atoms with Crippen LogP contribution in [-0.2, 0) is 5.41 Å². The van der Waals surface area contributed by atoms with Crippen LogP contribution < -0.4 is 0 Å². The molecule has 0 atom stereocenters. The van der Waals surface area contributed by atoms with Gasteiger partial charge in [0.2, 0.25) is 11.7 Å². The van der Waals surface area contributed by atoms with Crippen molar-refractivity contribution < 1.29 is 13.3 Å². The molecule has 0 bridgehead atoms. The molecule has 2 aromatic heterocycles. The summed E-state index contributed by atoms with van der Waals surface area (Å²) in [4.78, 5) is 8.53. The number of hydrogen-bond acceptors (Lipinski definition) is 5. The van der Waals surface area contributed by atoms with Crippen molar-refractivity contribution in [2.45, 2.75) is 24.7 Å². The van der Waals surface area contributed by atoms with Crippen molar-refractivity contribution in [3.05, 3.63) is 52.2 Å². The molecule has 0 unspecified atom stereocenters. The Kier molecular flexibility index (Phi) is 3.04. The smallest absolute Gasteiger partial charge is 0.237 e. The zero-order valence-electron chi connectivity index (χ0n) is 11.4. The first kappa shape index (κ1) is 13.5. The molecular weight excluding hydrogens is 308 g/mol. The fourth-order valence-corrected chi connectivity index (χ4v) is 3.38. The maximum absolute atomic E-state index is 14.2. The minimum absolute atomic E-state index is 0.368. The van der Waals surface area contributed by atoms with Crippen molar-refractivity contribution in [3.8, 4) is 11.5 Å². The highest BCUT2D eigenvalue weighted by atomic mass is 32.1. The maximum atomic E-state index is 14.2. The summed E-state index contributed by atoms with van der Waals surface area (Å²) in [5, 5.41) is 5.76. The van der Waals surface area contributed by atoms with Crippen LogP contribution >= 0.6 is 11.3 Å². The monoisotopic (exact) mass is 319 g/mol. The Morgan fingerprint density at radius 3 is 2.73 bits per heavy atom. The van der Waals surface area contributed by atoms with Gasteiger partial charge in [-0.15, -0.1) is 11.3 Å². The van der Waals surface area contributed by atoms with E-state index < -0.39 is 17.0 Å². The summed E-state index contributed by atoms with van der Waals surface area (Å²) >= 11 is 1.44. The minimum atomic E-state index is -0.654. The summed E-state index contributed by atoms with van der Waals surface area (Å²) in [6, 6.07) is 3.62. The topological polar surface area (TPSA) is 51.8 Å². The van der Waals surface area contributed by atoms with Gasteiger partial charge in [-0.2, -0.15) is 4.98 Å². The van der Waals surface area contributed by atoms with Crippen molar-refractivity contribution >= 4 is 11.3 Å². The van der Waals surface area contributed by atoms with Gasteiger partial charge in [0.05, 0.1) is 10.9 Å². The second kappa shape index (κ2) is 4.95. The third-order valence-corrected chi connectivity index (χ3v) is 4.74. The fourth-order valence-electron chi connectivity index (χ4n) is 2.85. The number of aromatic nitrogens is 3. The third-order valence-electron chi connectivity index (χ3n) is 4.15. The van der Waals surface area contributed by atoms with Gasteiger partial charge in [-0.1, -0.05) is 17.6 Å². The Morgan fingerprint density at radius 2 is 2.09 bits per heavy atom. The second-order valence-electron chi connectivity index (χ2n) is 5.36. The SMILES string of the molecule is Fc1ccc(C2(c3nc(-c4cscn4)no3)CCC2)c(F)c1. The first-order chi connectivity index (χ1) is 10.7. The first-order valence-corrected chi connectivity index (χ1v) is 7.82. The van der Waals surface area contributed by atoms with E-state index in [1.165, 1.54) is 23.5 Å². The Labute approximate surface area is 128 Å². The number of rotatable bonds is 3. The van der Waals surface area contributed by atoms with E-state index in [-0.39, 0.29) is 0 Å². The summed E-state index contributed by atoms with van der Waals surface area (Å²) in [7, 11) is 0. The van der Waals surface area contributed by atoms with E-state index in [9.17, 15) is 8.78 Å². The van der Waals surface area contributed by atoms with Crippen molar-refractivity contribution in [1.29, 1.82) is 0 Å². The van der Waals surface area contributed by atoms with Crippen LogP contribution in [0.3, 0.4) is 0 Å². The zero-order valence-corrected chi connectivity index (χ0v) is 12.2. The highest BCUT2D eigenvalue weighted by molar-refractivity contribution is 7.07. The Hall–Kier alpha value is -2.15. The van der Waals surface area contributed by atoms with Crippen LogP contribution in [0.4, 0.5) is 8.78 Å². The molecule has 0 aliphatic heterocycles. The van der Waals surface area contributed by atoms with Gasteiger partial charge in [0.1, 0.15) is 17.3 Å². The molecule has 4 nitrogen and oxygen atoms in total. The molecule has 1 aliphatic carbocycles. The molecule has 1 fully saturated rings. The van der Waals surface area contributed by atoms with Crippen LogP contribution in [0.1, 0.15) is 30.7 Å². The van der Waals surface area contributed by atoms with Crippen molar-refractivity contribution in [2.24, 2.45) is 0 Å². The number of hydrogen-bond donors (Lipinski definition) is 0. The summed E-state index contributed by atoms with van der Waals surface area (Å²) in [6.45, 7) is 0. The van der Waals surface area contributed by atoms with Gasteiger partial charge in [0.15, 0.2) is 0 Å². The largest absolute Gasteiger partial charge is 0.338 e. The highest BCUT2D eigenvalue weighted by Crippen LogP contribution is 2.49. The fraction of sp³-hybridized carbons (Fsp3) is 0.267. The Bertz CT molecular complexity index is 812. The lowest BCUT2D eigenvalue weighted by atomic mass is 9.64. The molecule has 1 aliphatic rings. The average Bonchev–Trinajstić information content (AvgIpc) is 3.10. The Morgan fingerprint density at radius 1 is 1.23 bits per heavy atom. The predicted octanol–water partition coefficient (Wildman–Crippen LogP) is 3.94. The summed E-state index contributed by atoms with van der Waals surface area (Å²) in [5.41, 5.74) is 2.08. The van der Waals surface area contributed by atoms with E-state index >= 15 is 0 Å². The molecule has 0 N–H and O–H groups in total. The summed E-state index contributed by atoms with van der Waals surface area (Å²) in [6.07, 6.45) is 2.34. The molecule has 2 heterocycles. The van der Waals surface area contributed by atoms with Crippen molar-refractivity contribution in [3.63, 3.8) is 0 Å². The van der Waals surface area contributed by atoms with E-state index in [1.807, 2.05) is 5.38 Å². The molecule has 0 saturated heterocycles. The predicted molar refractivity (Wildman–Crippen MR) is 76.4 cm³/mol. The molecule has 0 amide bonds. The normalized spacial score (nSPS) is 16.5. The summed E-state index contributed by atoms with van der Waals surface area (Å²) in [5.74, 6) is -0.408. The molecule has 0 radical (unpaired) electrons. The van der Waals surface area contributed by atoms with Crippen LogP contribution in [0.25, 0.3) is 11.5 Å². The second-order valence-corrected chi connectivity index (χ2v) is 6.08. The van der Waals surface area contributed by atoms with Gasteiger partial charge in [0.25, 0.3) is 0 Å². The number of nitrogens with zero attached hydrogens (tertiary/aromatic N) is 3. The van der Waals surface area contributed by atoms with E-state index in [4.69, 9.17) is 4.52 Å². The van der Waals surface area contributed by atoms with E-state index in [0.29, 0.717) is 35.8 Å². The van der Waals surface area contributed by atoms with Crippen molar-refractivity contribution in [2.75, 3.05) is 0 Å². The molecular formula is C15H11F2N3OS. The zero-order chi connectivity index (χ0) is 15.2. The summed E-state index contributed by atoms with van der Waals surface area (Å²) < 4.78 is 32.7. The number of thiazole rings is 1. The molecule has 3 aromatic rings. The van der Waals surface area contributed by atoms with E-state index in [0.717, 1.165) is 12.5 Å². The van der Waals surface area contributed by atoms with Gasteiger partial charge in [-0.3, -0.25) is 0 Å². The maximum Gasteiger partial charge on any atom is 0.237 e. The van der Waals surface area contributed by atoms with Gasteiger partial charge in [-0.05, 0) is 18.9 Å². The molecule has 1 aromatic carbocycles. The molecule has 112 valence electrons. The van der Waals surface area contributed by atoms with Gasteiger partial charge < -0.3 is 4.52 Å². The van der Waals surface area contributed by atoms with Gasteiger partial charge >= 0.3 is 0 Å². The molecule has 0 spiro atoms. The van der Waals surface area contributed by atoms with Crippen LogP contribution in [-0.4, -0.2) is 15.1 Å². The molecule has 22 heavy (non-hydrogen) atoms. The number of halogens is 2. The lowest BCUT2D eigenvalue weighted by Gasteiger charge is -2.38. The van der Waals surface area contributed by atoms with Crippen LogP contribution in [0, 0.1) is 11.6 Å². The quantitative estimate of drug-likeness (QED) is 0.734. The molecule has 7 heteroatoms. The van der Waals surface area contributed by atoms with Crippen LogP contribution in [0.15, 0.2) is 33.6 Å². The van der Waals surface area contributed by atoms with Crippen LogP contribution in [0.2, 0.25) is 0 Å².